The lowest BCUT2D eigenvalue weighted by Gasteiger charge is -2.04. The average Bonchev–Trinajstić information content (AvgIpc) is 2.62. The molecule has 17 heavy (non-hydrogen) atoms. The number of rotatable bonds is 2. The monoisotopic (exact) mass is 233 g/mol. The van der Waals surface area contributed by atoms with Crippen molar-refractivity contribution >= 4 is 11.6 Å². The van der Waals surface area contributed by atoms with Gasteiger partial charge in [-0.2, -0.15) is 0 Å². The fourth-order valence-corrected chi connectivity index (χ4v) is 1.64. The number of nitrogens with one attached hydrogen (secondary N) is 1. The van der Waals surface area contributed by atoms with Gasteiger partial charge in [-0.15, -0.1) is 0 Å². The van der Waals surface area contributed by atoms with Crippen LogP contribution in [0.3, 0.4) is 0 Å². The minimum Gasteiger partial charge on any atom is -0.469 e. The van der Waals surface area contributed by atoms with Gasteiger partial charge in [0.15, 0.2) is 0 Å². The normalized spacial score (nSPS) is 10.3. The van der Waals surface area contributed by atoms with E-state index in [2.05, 4.69) is 5.32 Å². The van der Waals surface area contributed by atoms with E-state index in [4.69, 9.17) is 4.42 Å². The Morgan fingerprint density at radius 3 is 2.41 bits per heavy atom. The second kappa shape index (κ2) is 4.41. The summed E-state index contributed by atoms with van der Waals surface area (Å²) in [5.41, 5.74) is 1.85. The van der Waals surface area contributed by atoms with Crippen LogP contribution in [0.25, 0.3) is 0 Å². The number of benzene rings is 1. The van der Waals surface area contributed by atoms with Crippen molar-refractivity contribution in [3.8, 4) is 0 Å². The number of halogens is 1. The number of amides is 1. The fourth-order valence-electron chi connectivity index (χ4n) is 1.64. The van der Waals surface area contributed by atoms with Gasteiger partial charge in [0.25, 0.3) is 5.91 Å². The van der Waals surface area contributed by atoms with Crippen molar-refractivity contribution in [2.75, 3.05) is 5.32 Å². The number of anilines is 1. The summed E-state index contributed by atoms with van der Waals surface area (Å²) in [5, 5.41) is 2.69. The van der Waals surface area contributed by atoms with Crippen LogP contribution in [0.1, 0.15) is 21.7 Å². The van der Waals surface area contributed by atoms with Gasteiger partial charge in [-0.05, 0) is 38.1 Å². The van der Waals surface area contributed by atoms with Crippen molar-refractivity contribution in [1.29, 1.82) is 0 Å². The molecule has 2 aromatic rings. The third kappa shape index (κ3) is 2.36. The number of carbonyl (C=O) groups is 1. The van der Waals surface area contributed by atoms with Crippen LogP contribution in [0.15, 0.2) is 34.9 Å². The zero-order chi connectivity index (χ0) is 12.4. The van der Waals surface area contributed by atoms with E-state index in [9.17, 15) is 9.18 Å². The number of aryl methyl sites for hydroxylation is 2. The van der Waals surface area contributed by atoms with E-state index < -0.39 is 0 Å². The predicted molar refractivity (Wildman–Crippen MR) is 62.5 cm³/mol. The van der Waals surface area contributed by atoms with Crippen LogP contribution in [0, 0.1) is 19.7 Å². The minimum absolute atomic E-state index is 0.250. The highest BCUT2D eigenvalue weighted by Gasteiger charge is 2.15. The number of hydrogen-bond acceptors (Lipinski definition) is 2. The molecule has 4 heteroatoms. The zero-order valence-electron chi connectivity index (χ0n) is 9.58. The molecule has 0 saturated carbocycles. The Labute approximate surface area is 98.3 Å². The molecular formula is C13H12FNO2. The molecule has 88 valence electrons. The molecule has 0 radical (unpaired) electrons. The average molecular weight is 233 g/mol. The highest BCUT2D eigenvalue weighted by atomic mass is 19.1. The molecule has 0 aliphatic heterocycles. The summed E-state index contributed by atoms with van der Waals surface area (Å²) in [6, 6.07) is 5.62. The minimum atomic E-state index is -0.335. The molecule has 0 aliphatic rings. The van der Waals surface area contributed by atoms with E-state index in [0.29, 0.717) is 17.0 Å². The number of hydrogen-bond donors (Lipinski definition) is 1. The van der Waals surface area contributed by atoms with Crippen LogP contribution in [0.2, 0.25) is 0 Å². The second-order valence-corrected chi connectivity index (χ2v) is 3.81. The zero-order valence-corrected chi connectivity index (χ0v) is 9.58. The third-order valence-corrected chi connectivity index (χ3v) is 2.49. The fraction of sp³-hybridized carbons (Fsp3) is 0.154. The first-order valence-corrected chi connectivity index (χ1v) is 5.19. The topological polar surface area (TPSA) is 42.2 Å². The van der Waals surface area contributed by atoms with Gasteiger partial charge in [-0.3, -0.25) is 4.79 Å². The molecule has 0 atom stereocenters. The summed E-state index contributed by atoms with van der Waals surface area (Å²) >= 11 is 0. The van der Waals surface area contributed by atoms with Crippen LogP contribution in [-0.2, 0) is 0 Å². The summed E-state index contributed by atoms with van der Waals surface area (Å²) in [7, 11) is 0. The van der Waals surface area contributed by atoms with Gasteiger partial charge in [0.2, 0.25) is 0 Å². The van der Waals surface area contributed by atoms with Crippen LogP contribution in [0.5, 0.6) is 0 Å². The van der Waals surface area contributed by atoms with Crippen LogP contribution in [0.4, 0.5) is 10.1 Å². The molecule has 3 nitrogen and oxygen atoms in total. The van der Waals surface area contributed by atoms with Gasteiger partial charge in [0.05, 0.1) is 11.8 Å². The smallest absolute Gasteiger partial charge is 0.259 e. The van der Waals surface area contributed by atoms with Crippen molar-refractivity contribution in [2.24, 2.45) is 0 Å². The first-order valence-electron chi connectivity index (χ1n) is 5.19. The lowest BCUT2D eigenvalue weighted by molar-refractivity contribution is 0.102. The van der Waals surface area contributed by atoms with Crippen LogP contribution < -0.4 is 5.32 Å². The molecule has 0 fully saturated rings. The van der Waals surface area contributed by atoms with Crippen molar-refractivity contribution in [2.45, 2.75) is 13.8 Å². The van der Waals surface area contributed by atoms with E-state index in [1.807, 2.05) is 0 Å². The summed E-state index contributed by atoms with van der Waals surface area (Å²) in [6.45, 7) is 3.53. The maximum atomic E-state index is 12.7. The quantitative estimate of drug-likeness (QED) is 0.864. The highest BCUT2D eigenvalue weighted by Crippen LogP contribution is 2.17. The van der Waals surface area contributed by atoms with Crippen molar-refractivity contribution < 1.29 is 13.6 Å². The Kier molecular flexibility index (Phi) is 2.95. The summed E-state index contributed by atoms with van der Waals surface area (Å²) < 4.78 is 17.9. The summed E-state index contributed by atoms with van der Waals surface area (Å²) in [4.78, 5) is 11.9. The van der Waals surface area contributed by atoms with Crippen LogP contribution >= 0.6 is 0 Å². The standard InChI is InChI=1S/C13H12FNO2/c1-8-7-17-9(2)12(8)13(16)15-11-5-3-10(14)4-6-11/h3-7H,1-2H3,(H,15,16). The molecule has 0 bridgehead atoms. The van der Waals surface area contributed by atoms with E-state index in [1.165, 1.54) is 30.5 Å². The van der Waals surface area contributed by atoms with E-state index in [-0.39, 0.29) is 11.7 Å². The Morgan fingerprint density at radius 2 is 1.88 bits per heavy atom. The van der Waals surface area contributed by atoms with Crippen molar-refractivity contribution in [3.63, 3.8) is 0 Å². The highest BCUT2D eigenvalue weighted by molar-refractivity contribution is 6.05. The first kappa shape index (κ1) is 11.4. The molecule has 0 unspecified atom stereocenters. The van der Waals surface area contributed by atoms with Crippen molar-refractivity contribution in [3.05, 3.63) is 53.2 Å². The van der Waals surface area contributed by atoms with E-state index in [0.717, 1.165) is 5.56 Å². The second-order valence-electron chi connectivity index (χ2n) is 3.81. The van der Waals surface area contributed by atoms with E-state index >= 15 is 0 Å². The number of carbonyl (C=O) groups excluding carboxylic acids is 1. The molecule has 0 spiro atoms. The first-order chi connectivity index (χ1) is 8.08. The molecule has 1 amide bonds. The van der Waals surface area contributed by atoms with Gasteiger partial charge in [-0.1, -0.05) is 0 Å². The Morgan fingerprint density at radius 1 is 1.24 bits per heavy atom. The van der Waals surface area contributed by atoms with Gasteiger partial charge in [-0.25, -0.2) is 4.39 Å². The predicted octanol–water partition coefficient (Wildman–Crippen LogP) is 3.29. The molecule has 0 saturated heterocycles. The largest absolute Gasteiger partial charge is 0.469 e. The summed E-state index contributed by atoms with van der Waals surface area (Å²) in [5.74, 6) is -0.0128. The Bertz CT molecular complexity index is 524. The van der Waals surface area contributed by atoms with Crippen molar-refractivity contribution in [1.82, 2.24) is 0 Å². The Hall–Kier alpha value is -2.10. The lowest BCUT2D eigenvalue weighted by atomic mass is 10.1. The maximum Gasteiger partial charge on any atom is 0.259 e. The molecule has 1 N–H and O–H groups in total. The molecular weight excluding hydrogens is 221 g/mol. The summed E-state index contributed by atoms with van der Waals surface area (Å²) in [6.07, 6.45) is 1.54. The van der Waals surface area contributed by atoms with Gasteiger partial charge in [0.1, 0.15) is 11.6 Å². The van der Waals surface area contributed by atoms with Gasteiger partial charge < -0.3 is 9.73 Å². The number of furan rings is 1. The lowest BCUT2D eigenvalue weighted by Crippen LogP contribution is -2.13. The molecule has 1 aromatic heterocycles. The van der Waals surface area contributed by atoms with Gasteiger partial charge in [0, 0.05) is 11.3 Å². The molecule has 2 rings (SSSR count). The molecule has 0 aliphatic carbocycles. The molecule has 1 aromatic carbocycles. The van der Waals surface area contributed by atoms with Crippen LogP contribution in [-0.4, -0.2) is 5.91 Å². The maximum absolute atomic E-state index is 12.7. The van der Waals surface area contributed by atoms with Gasteiger partial charge >= 0.3 is 0 Å². The third-order valence-electron chi connectivity index (χ3n) is 2.49. The molecule has 1 heterocycles. The Balaban J connectivity index is 2.20. The van der Waals surface area contributed by atoms with E-state index in [1.54, 1.807) is 13.8 Å². The SMILES string of the molecule is Cc1coc(C)c1C(=O)Nc1ccc(F)cc1.